The molecule has 0 heterocycles. The van der Waals surface area contributed by atoms with Crippen molar-refractivity contribution >= 4 is 46.2 Å². The van der Waals surface area contributed by atoms with Crippen molar-refractivity contribution in [1.29, 1.82) is 0 Å². The van der Waals surface area contributed by atoms with Gasteiger partial charge in [0.25, 0.3) is 5.91 Å². The number of Topliss-reactive ketones (excluding diaryl/α,β-unsaturated/α-hetero) is 1. The first-order valence-corrected chi connectivity index (χ1v) is 18.0. The number of primary amides is 1. The number of benzene rings is 4. The molecule has 0 aliphatic heterocycles. The number of hydrogen-bond donors (Lipinski definition) is 4. The third-order valence-corrected chi connectivity index (χ3v) is 8.68. The van der Waals surface area contributed by atoms with Gasteiger partial charge >= 0.3 is 11.9 Å². The molecule has 55 heavy (non-hydrogen) atoms. The molecule has 0 radical (unpaired) electrons. The van der Waals surface area contributed by atoms with Crippen molar-refractivity contribution in [1.82, 2.24) is 10.6 Å². The molecule has 0 saturated heterocycles. The average molecular weight is 754 g/mol. The Labute approximate surface area is 319 Å². The van der Waals surface area contributed by atoms with E-state index in [1.165, 1.54) is 12.1 Å². The molecule has 4 rings (SSSR count). The first kappa shape index (κ1) is 41.5. The number of fused-ring (bicyclic) bond motifs is 1. The van der Waals surface area contributed by atoms with Gasteiger partial charge in [-0.25, -0.2) is 4.79 Å². The van der Waals surface area contributed by atoms with Gasteiger partial charge in [-0.1, -0.05) is 92.7 Å². The van der Waals surface area contributed by atoms with Crippen molar-refractivity contribution in [2.24, 2.45) is 17.6 Å². The van der Waals surface area contributed by atoms with E-state index in [-0.39, 0.29) is 44.0 Å². The molecule has 0 aliphatic carbocycles. The van der Waals surface area contributed by atoms with Crippen molar-refractivity contribution in [3.8, 4) is 11.5 Å². The summed E-state index contributed by atoms with van der Waals surface area (Å²) in [6, 6.07) is 25.9. The van der Waals surface area contributed by atoms with Crippen LogP contribution in [0, 0.1) is 11.8 Å². The lowest BCUT2D eigenvalue weighted by Crippen LogP contribution is -2.53. The fourth-order valence-corrected chi connectivity index (χ4v) is 5.92. The van der Waals surface area contributed by atoms with E-state index in [0.29, 0.717) is 17.7 Å². The maximum absolute atomic E-state index is 14.0. The van der Waals surface area contributed by atoms with E-state index in [4.69, 9.17) is 25.1 Å². The van der Waals surface area contributed by atoms with Crippen LogP contribution in [0.2, 0.25) is 0 Å². The molecule has 13 nitrogen and oxygen atoms in total. The highest BCUT2D eigenvalue weighted by Gasteiger charge is 2.30. The first-order valence-electron chi connectivity index (χ1n) is 18.0. The number of carboxylic acid groups (broad SMARTS) is 1. The number of carboxylic acids is 1. The highest BCUT2D eigenvalue weighted by Crippen LogP contribution is 2.25. The quantitative estimate of drug-likeness (QED) is 0.0827. The second-order valence-corrected chi connectivity index (χ2v) is 13.6. The van der Waals surface area contributed by atoms with Gasteiger partial charge in [-0.2, -0.15) is 0 Å². The molecular weight excluding hydrogens is 706 g/mol. The molecular formula is C42H47N3O10. The van der Waals surface area contributed by atoms with E-state index in [1.807, 2.05) is 62.4 Å². The van der Waals surface area contributed by atoms with Crippen molar-refractivity contribution in [2.45, 2.75) is 64.6 Å². The molecule has 0 fully saturated rings. The number of ether oxygens (including phenoxy) is 3. The number of esters is 1. The number of ketones is 1. The van der Waals surface area contributed by atoms with Crippen LogP contribution < -0.4 is 25.8 Å². The van der Waals surface area contributed by atoms with E-state index in [0.717, 1.165) is 16.3 Å². The lowest BCUT2D eigenvalue weighted by Gasteiger charge is -2.24. The third-order valence-electron chi connectivity index (χ3n) is 8.68. The van der Waals surface area contributed by atoms with Gasteiger partial charge in [0.05, 0.1) is 6.04 Å². The maximum atomic E-state index is 14.0. The Balaban J connectivity index is 1.52. The lowest BCUT2D eigenvalue weighted by molar-refractivity contribution is -0.145. The van der Waals surface area contributed by atoms with E-state index < -0.39 is 66.7 Å². The van der Waals surface area contributed by atoms with Gasteiger partial charge in [-0.3, -0.25) is 24.0 Å². The summed E-state index contributed by atoms with van der Waals surface area (Å²) in [6.45, 7) is 2.84. The number of aliphatic carboxylic acids is 1. The van der Waals surface area contributed by atoms with Crippen LogP contribution in [0.25, 0.3) is 10.8 Å². The third kappa shape index (κ3) is 13.9. The van der Waals surface area contributed by atoms with E-state index in [2.05, 4.69) is 10.6 Å². The minimum Gasteiger partial charge on any atom is -0.483 e. The van der Waals surface area contributed by atoms with Crippen LogP contribution >= 0.6 is 0 Å². The number of hydrogen-bond acceptors (Lipinski definition) is 9. The molecule has 0 spiro atoms. The normalized spacial score (nSPS) is 12.6. The zero-order valence-electron chi connectivity index (χ0n) is 30.9. The molecule has 0 bridgehead atoms. The topological polar surface area (TPSA) is 200 Å². The highest BCUT2D eigenvalue weighted by atomic mass is 16.5. The van der Waals surface area contributed by atoms with Gasteiger partial charge < -0.3 is 35.7 Å². The summed E-state index contributed by atoms with van der Waals surface area (Å²) in [5.41, 5.74) is 7.02. The van der Waals surface area contributed by atoms with Gasteiger partial charge in [0.15, 0.2) is 19.0 Å². The van der Waals surface area contributed by atoms with Crippen molar-refractivity contribution in [3.05, 3.63) is 108 Å². The molecule has 13 heteroatoms. The summed E-state index contributed by atoms with van der Waals surface area (Å²) in [6.07, 6.45) is -0.282. The van der Waals surface area contributed by atoms with Gasteiger partial charge in [-0.05, 0) is 59.9 Å². The molecule has 3 atom stereocenters. The average Bonchev–Trinajstić information content (AvgIpc) is 3.17. The zero-order chi connectivity index (χ0) is 39.7. The van der Waals surface area contributed by atoms with Gasteiger partial charge in [0.2, 0.25) is 11.8 Å². The molecule has 4 aromatic rings. The molecule has 4 aromatic carbocycles. The van der Waals surface area contributed by atoms with E-state index >= 15 is 0 Å². The van der Waals surface area contributed by atoms with Crippen LogP contribution in [-0.4, -0.2) is 65.8 Å². The Morgan fingerprint density at radius 2 is 1.44 bits per heavy atom. The van der Waals surface area contributed by atoms with Crippen molar-refractivity contribution in [2.75, 3.05) is 13.2 Å². The number of carbonyl (C=O) groups is 6. The summed E-state index contributed by atoms with van der Waals surface area (Å²) >= 11 is 0. The largest absolute Gasteiger partial charge is 0.483 e. The Kier molecular flexibility index (Phi) is 15.7. The Hall–Kier alpha value is -6.24. The Bertz CT molecular complexity index is 1930. The summed E-state index contributed by atoms with van der Waals surface area (Å²) in [4.78, 5) is 77.1. The lowest BCUT2D eigenvalue weighted by atomic mass is 9.88. The Morgan fingerprint density at radius 1 is 0.745 bits per heavy atom. The minimum absolute atomic E-state index is 0.0130. The predicted molar refractivity (Wildman–Crippen MR) is 204 cm³/mol. The van der Waals surface area contributed by atoms with Gasteiger partial charge in [0, 0.05) is 24.1 Å². The molecule has 0 unspecified atom stereocenters. The second kappa shape index (κ2) is 20.9. The standard InChI is InChI=1S/C42H47N3O10/c1-27(2)21-31(41(43)51)23-36(46)35(22-28-15-17-32(18-16-28)53-26-39(48)49)45-42(52)34(19-20-40(50)55-24-29-9-4-3-5-10-29)44-38(47)25-54-37-14-8-12-30-11-6-7-13-33(30)37/h3-18,27,31,34-35H,19-26H2,1-2H3,(H2,43,51)(H,44,47)(H,45,52)(H,48,49)/t31-,34+,35+/m1/s1. The molecule has 3 amide bonds. The Morgan fingerprint density at radius 3 is 2.13 bits per heavy atom. The highest BCUT2D eigenvalue weighted by molar-refractivity contribution is 5.95. The molecule has 0 aliphatic rings. The van der Waals surface area contributed by atoms with Crippen LogP contribution in [0.4, 0.5) is 0 Å². The smallest absolute Gasteiger partial charge is 0.341 e. The zero-order valence-corrected chi connectivity index (χ0v) is 30.9. The molecule has 290 valence electrons. The SMILES string of the molecule is CC(C)C[C@H](CC(=O)[C@H](Cc1ccc(OCC(=O)O)cc1)NC(=O)[C@H](CCC(=O)OCc1ccccc1)NC(=O)COc1cccc2ccccc12)C(N)=O. The predicted octanol–water partition coefficient (Wildman–Crippen LogP) is 4.52. The summed E-state index contributed by atoms with van der Waals surface area (Å²) < 4.78 is 16.4. The van der Waals surface area contributed by atoms with Gasteiger partial charge in [-0.15, -0.1) is 0 Å². The van der Waals surface area contributed by atoms with Crippen molar-refractivity contribution in [3.63, 3.8) is 0 Å². The van der Waals surface area contributed by atoms with Crippen LogP contribution in [0.3, 0.4) is 0 Å². The number of nitrogens with two attached hydrogens (primary N) is 1. The number of nitrogens with one attached hydrogen (secondary N) is 2. The summed E-state index contributed by atoms with van der Waals surface area (Å²) in [7, 11) is 0. The second-order valence-electron chi connectivity index (χ2n) is 13.6. The van der Waals surface area contributed by atoms with E-state index in [9.17, 15) is 28.8 Å². The number of rotatable bonds is 22. The number of carbonyl (C=O) groups excluding carboxylic acids is 5. The molecule has 5 N–H and O–H groups in total. The summed E-state index contributed by atoms with van der Waals surface area (Å²) in [5.74, 6) is -4.19. The maximum Gasteiger partial charge on any atom is 0.341 e. The van der Waals surface area contributed by atoms with E-state index in [1.54, 1.807) is 36.4 Å². The summed E-state index contributed by atoms with van der Waals surface area (Å²) in [5, 5.41) is 16.0. The first-order chi connectivity index (χ1) is 26.4. The molecule has 0 saturated carbocycles. The number of amides is 3. The van der Waals surface area contributed by atoms with Crippen molar-refractivity contribution < 1.29 is 48.1 Å². The monoisotopic (exact) mass is 753 g/mol. The minimum atomic E-state index is -1.28. The van der Waals surface area contributed by atoms with Crippen LogP contribution in [-0.2, 0) is 46.5 Å². The fraction of sp³-hybridized carbons (Fsp3) is 0.333. The van der Waals surface area contributed by atoms with Crippen LogP contribution in [0.5, 0.6) is 11.5 Å². The fourth-order valence-electron chi connectivity index (χ4n) is 5.92. The van der Waals surface area contributed by atoms with Gasteiger partial charge in [0.1, 0.15) is 24.1 Å². The van der Waals surface area contributed by atoms with Crippen LogP contribution in [0.15, 0.2) is 97.1 Å². The van der Waals surface area contributed by atoms with Crippen LogP contribution in [0.1, 0.15) is 50.7 Å². The molecule has 0 aromatic heterocycles.